The van der Waals surface area contributed by atoms with Gasteiger partial charge in [0.2, 0.25) is 5.91 Å². The van der Waals surface area contributed by atoms with Crippen LogP contribution in [0.1, 0.15) is 66.2 Å². The third kappa shape index (κ3) is 5.90. The number of hydrogen-bond acceptors (Lipinski definition) is 6. The van der Waals surface area contributed by atoms with Gasteiger partial charge in [-0.15, -0.1) is 0 Å². The van der Waals surface area contributed by atoms with Gasteiger partial charge in [-0.1, -0.05) is 17.7 Å². The van der Waals surface area contributed by atoms with Crippen molar-refractivity contribution in [1.29, 1.82) is 0 Å². The average molecular weight is 505 g/mol. The van der Waals surface area contributed by atoms with Crippen molar-refractivity contribution in [3.8, 4) is 5.75 Å². The predicted octanol–water partition coefficient (Wildman–Crippen LogP) is 4.54. The number of hydrogen-bond donors (Lipinski definition) is 0. The Balaban J connectivity index is 1.59. The van der Waals surface area contributed by atoms with Crippen LogP contribution in [0, 0.1) is 0 Å². The number of esters is 1. The highest BCUT2D eigenvalue weighted by Gasteiger charge is 2.44. The summed E-state index contributed by atoms with van der Waals surface area (Å²) in [5.74, 6) is -1.10. The molecular formula is C29H32N2O6. The molecule has 0 N–H and O–H groups in total. The van der Waals surface area contributed by atoms with Gasteiger partial charge in [-0.3, -0.25) is 14.4 Å². The fourth-order valence-corrected chi connectivity index (χ4v) is 4.81. The van der Waals surface area contributed by atoms with Crippen LogP contribution in [0.4, 0.5) is 5.69 Å². The molecule has 1 atom stereocenters. The summed E-state index contributed by atoms with van der Waals surface area (Å²) in [4.78, 5) is 54.9. The highest BCUT2D eigenvalue weighted by Crippen LogP contribution is 2.29. The molecule has 1 unspecified atom stereocenters. The topological polar surface area (TPSA) is 93.2 Å². The molecule has 1 heterocycles. The minimum absolute atomic E-state index is 0.104. The lowest BCUT2D eigenvalue weighted by Gasteiger charge is -2.29. The summed E-state index contributed by atoms with van der Waals surface area (Å²) < 4.78 is 10.3. The van der Waals surface area contributed by atoms with Crippen LogP contribution in [-0.4, -0.2) is 54.9 Å². The predicted molar refractivity (Wildman–Crippen MR) is 138 cm³/mol. The zero-order valence-corrected chi connectivity index (χ0v) is 21.3. The Hall–Kier alpha value is -3.94. The molecule has 1 aliphatic heterocycles. The van der Waals surface area contributed by atoms with Crippen molar-refractivity contribution in [2.24, 2.45) is 0 Å². The molecule has 2 aliphatic rings. The molecule has 37 heavy (non-hydrogen) atoms. The molecule has 0 spiro atoms. The molecule has 2 aromatic carbocycles. The van der Waals surface area contributed by atoms with E-state index in [0.29, 0.717) is 35.5 Å². The van der Waals surface area contributed by atoms with E-state index in [-0.39, 0.29) is 24.8 Å². The van der Waals surface area contributed by atoms with E-state index in [1.807, 2.05) is 0 Å². The second-order valence-electron chi connectivity index (χ2n) is 9.14. The van der Waals surface area contributed by atoms with Crippen molar-refractivity contribution >= 4 is 29.4 Å². The maximum absolute atomic E-state index is 13.7. The number of nitrogens with zero attached hydrogens (tertiary/aromatic N) is 2. The largest absolute Gasteiger partial charge is 0.497 e. The first-order chi connectivity index (χ1) is 17.9. The number of allylic oxidation sites excluding steroid dienone is 1. The number of imide groups is 1. The monoisotopic (exact) mass is 504 g/mol. The minimum atomic E-state index is -0.917. The third-order valence-corrected chi connectivity index (χ3v) is 6.77. The molecule has 8 heteroatoms. The first-order valence-electron chi connectivity index (χ1n) is 12.7. The summed E-state index contributed by atoms with van der Waals surface area (Å²) >= 11 is 0. The first kappa shape index (κ1) is 26.1. The van der Waals surface area contributed by atoms with E-state index in [1.165, 1.54) is 29.7 Å². The van der Waals surface area contributed by atoms with Crippen LogP contribution in [-0.2, 0) is 14.3 Å². The van der Waals surface area contributed by atoms with Gasteiger partial charge >= 0.3 is 5.97 Å². The Bertz CT molecular complexity index is 1200. The highest BCUT2D eigenvalue weighted by atomic mass is 16.5. The maximum atomic E-state index is 13.7. The summed E-state index contributed by atoms with van der Waals surface area (Å²) in [7, 11) is 1.53. The molecule has 194 valence electrons. The molecule has 0 saturated carbocycles. The number of carbonyl (C=O) groups excluding carboxylic acids is 4. The summed E-state index contributed by atoms with van der Waals surface area (Å²) in [6.07, 6.45) is 7.06. The Morgan fingerprint density at radius 2 is 1.84 bits per heavy atom. The van der Waals surface area contributed by atoms with Gasteiger partial charge < -0.3 is 14.4 Å². The summed E-state index contributed by atoms with van der Waals surface area (Å²) in [6, 6.07) is 12.0. The summed E-state index contributed by atoms with van der Waals surface area (Å²) in [6.45, 7) is 2.30. The highest BCUT2D eigenvalue weighted by molar-refractivity contribution is 6.23. The van der Waals surface area contributed by atoms with Gasteiger partial charge in [-0.2, -0.15) is 0 Å². The van der Waals surface area contributed by atoms with E-state index < -0.39 is 17.9 Å². The van der Waals surface area contributed by atoms with Crippen molar-refractivity contribution in [3.63, 3.8) is 0 Å². The molecule has 8 nitrogen and oxygen atoms in total. The molecule has 0 bridgehead atoms. The van der Waals surface area contributed by atoms with Crippen LogP contribution in [0.2, 0.25) is 0 Å². The number of anilines is 1. The fourth-order valence-electron chi connectivity index (χ4n) is 4.81. The molecule has 3 amide bonds. The van der Waals surface area contributed by atoms with E-state index in [9.17, 15) is 19.2 Å². The molecule has 1 fully saturated rings. The van der Waals surface area contributed by atoms with Crippen LogP contribution in [0.15, 0.2) is 60.2 Å². The lowest BCUT2D eigenvalue weighted by Crippen LogP contribution is -2.46. The molecule has 4 rings (SSSR count). The number of amides is 3. The van der Waals surface area contributed by atoms with E-state index in [2.05, 4.69) is 6.08 Å². The van der Waals surface area contributed by atoms with Gasteiger partial charge in [0, 0.05) is 12.1 Å². The molecule has 1 saturated heterocycles. The van der Waals surface area contributed by atoms with Gasteiger partial charge in [0.25, 0.3) is 11.8 Å². The van der Waals surface area contributed by atoms with Crippen LogP contribution in [0.3, 0.4) is 0 Å². The maximum Gasteiger partial charge on any atom is 0.338 e. The number of ether oxygens (including phenoxy) is 2. The van der Waals surface area contributed by atoms with Crippen molar-refractivity contribution in [3.05, 3.63) is 71.3 Å². The van der Waals surface area contributed by atoms with Crippen LogP contribution in [0.25, 0.3) is 0 Å². The Morgan fingerprint density at radius 3 is 2.51 bits per heavy atom. The van der Waals surface area contributed by atoms with Gasteiger partial charge in [0.15, 0.2) is 0 Å². The quantitative estimate of drug-likeness (QED) is 0.283. The van der Waals surface area contributed by atoms with E-state index in [0.717, 1.165) is 30.6 Å². The number of methoxy groups -OCH3 is 1. The molecule has 0 radical (unpaired) electrons. The van der Waals surface area contributed by atoms with Crippen molar-refractivity contribution in [2.75, 3.05) is 25.2 Å². The Labute approximate surface area is 216 Å². The van der Waals surface area contributed by atoms with Crippen molar-refractivity contribution in [2.45, 2.75) is 51.5 Å². The Kier molecular flexibility index (Phi) is 8.38. The number of carbonyl (C=O) groups is 4. The second kappa shape index (κ2) is 11.9. The normalized spacial score (nSPS) is 17.4. The smallest absolute Gasteiger partial charge is 0.338 e. The van der Waals surface area contributed by atoms with E-state index in [1.54, 1.807) is 43.3 Å². The van der Waals surface area contributed by atoms with Crippen LogP contribution in [0.5, 0.6) is 5.75 Å². The lowest BCUT2D eigenvalue weighted by molar-refractivity contribution is -0.122. The van der Waals surface area contributed by atoms with Gasteiger partial charge in [0.1, 0.15) is 11.8 Å². The lowest BCUT2D eigenvalue weighted by atomic mass is 9.96. The first-order valence-corrected chi connectivity index (χ1v) is 12.7. The second-order valence-corrected chi connectivity index (χ2v) is 9.14. The summed E-state index contributed by atoms with van der Waals surface area (Å²) in [5, 5.41) is 0. The number of rotatable bonds is 9. The molecule has 2 aromatic rings. The van der Waals surface area contributed by atoms with Crippen molar-refractivity contribution in [1.82, 2.24) is 4.90 Å². The zero-order valence-electron chi connectivity index (χ0n) is 21.3. The average Bonchev–Trinajstić information content (AvgIpc) is 3.22. The fraction of sp³-hybridized carbons (Fsp3) is 0.379. The van der Waals surface area contributed by atoms with E-state index in [4.69, 9.17) is 9.47 Å². The van der Waals surface area contributed by atoms with Crippen molar-refractivity contribution < 1.29 is 28.7 Å². The van der Waals surface area contributed by atoms with Gasteiger partial charge in [-0.25, -0.2) is 9.69 Å². The zero-order chi connectivity index (χ0) is 26.4. The number of benzene rings is 2. The molecule has 0 aromatic heterocycles. The van der Waals surface area contributed by atoms with Gasteiger partial charge in [0.05, 0.1) is 31.4 Å². The molecular weight excluding hydrogens is 472 g/mol. The van der Waals surface area contributed by atoms with Crippen LogP contribution < -0.4 is 9.64 Å². The van der Waals surface area contributed by atoms with Gasteiger partial charge in [-0.05, 0) is 81.5 Å². The Morgan fingerprint density at radius 1 is 1.05 bits per heavy atom. The van der Waals surface area contributed by atoms with E-state index >= 15 is 0 Å². The molecule has 1 aliphatic carbocycles. The van der Waals surface area contributed by atoms with Crippen LogP contribution >= 0.6 is 0 Å². The SMILES string of the molecule is CCOC(=O)c1ccc(N2C(=O)CC(N(CCC3=CCCCC3)C(=O)c3cccc(OC)c3)C2=O)cc1. The standard InChI is InChI=1S/C29H32N2O6/c1-3-37-29(35)21-12-14-23(15-13-21)31-26(32)19-25(28(31)34)30(17-16-20-8-5-4-6-9-20)27(33)22-10-7-11-24(18-22)36-2/h7-8,10-15,18,25H,3-6,9,16-17,19H2,1-2H3. The summed E-state index contributed by atoms with van der Waals surface area (Å²) in [5.41, 5.74) is 2.36. The minimum Gasteiger partial charge on any atom is -0.497 e. The third-order valence-electron chi connectivity index (χ3n) is 6.77.